The van der Waals surface area contributed by atoms with Crippen molar-refractivity contribution >= 4 is 17.4 Å². The summed E-state index contributed by atoms with van der Waals surface area (Å²) in [6, 6.07) is 12.2. The summed E-state index contributed by atoms with van der Waals surface area (Å²) in [5.74, 6) is 0.819. The van der Waals surface area contributed by atoms with Crippen LogP contribution < -0.4 is 10.1 Å². The smallest absolute Gasteiger partial charge is 0.318 e. The molecular formula is C25H29N3O2S. The van der Waals surface area contributed by atoms with Gasteiger partial charge in [-0.05, 0) is 74.9 Å². The summed E-state index contributed by atoms with van der Waals surface area (Å²) in [5.41, 5.74) is 5.01. The lowest BCUT2D eigenvalue weighted by molar-refractivity contribution is 0.178. The lowest BCUT2D eigenvalue weighted by Crippen LogP contribution is -2.44. The Bertz CT molecular complexity index is 1100. The molecule has 1 aliphatic heterocycles. The van der Waals surface area contributed by atoms with Crippen LogP contribution in [0.4, 0.5) is 4.79 Å². The fourth-order valence-electron chi connectivity index (χ4n) is 4.85. The van der Waals surface area contributed by atoms with Gasteiger partial charge in [0.15, 0.2) is 0 Å². The van der Waals surface area contributed by atoms with Crippen molar-refractivity contribution in [1.29, 1.82) is 0 Å². The molecule has 1 atom stereocenters. The first-order chi connectivity index (χ1) is 15.1. The number of aromatic nitrogens is 1. The van der Waals surface area contributed by atoms with E-state index in [9.17, 15) is 4.79 Å². The van der Waals surface area contributed by atoms with E-state index in [1.54, 1.807) is 7.11 Å². The third-order valence-corrected chi connectivity index (χ3v) is 7.62. The Hall–Kier alpha value is -2.73. The minimum atomic E-state index is -0.168. The third kappa shape index (κ3) is 3.53. The van der Waals surface area contributed by atoms with Crippen molar-refractivity contribution in [2.24, 2.45) is 0 Å². The van der Waals surface area contributed by atoms with Crippen LogP contribution in [0.1, 0.15) is 60.0 Å². The van der Waals surface area contributed by atoms with Gasteiger partial charge >= 0.3 is 6.03 Å². The number of nitrogens with zero attached hydrogens (tertiary/aromatic N) is 2. The Morgan fingerprint density at radius 3 is 2.65 bits per heavy atom. The van der Waals surface area contributed by atoms with Gasteiger partial charge in [-0.3, -0.25) is 0 Å². The summed E-state index contributed by atoms with van der Waals surface area (Å²) < 4.78 is 7.68. The molecule has 5 rings (SSSR count). The van der Waals surface area contributed by atoms with Crippen LogP contribution in [0.3, 0.4) is 0 Å². The summed E-state index contributed by atoms with van der Waals surface area (Å²) in [6.07, 6.45) is 6.91. The summed E-state index contributed by atoms with van der Waals surface area (Å²) in [5, 5.41) is 4.43. The average Bonchev–Trinajstić information content (AvgIpc) is 3.35. The maximum absolute atomic E-state index is 13.5. The molecule has 0 radical (unpaired) electrons. The number of ether oxygens (including phenoxy) is 1. The number of methoxy groups -OCH3 is 1. The Morgan fingerprint density at radius 2 is 1.90 bits per heavy atom. The molecule has 2 amide bonds. The molecule has 2 aromatic heterocycles. The Labute approximate surface area is 187 Å². The van der Waals surface area contributed by atoms with Gasteiger partial charge < -0.3 is 19.5 Å². The average molecular weight is 436 g/mol. The number of nitrogens with one attached hydrogen (secondary N) is 1. The Morgan fingerprint density at radius 1 is 1.13 bits per heavy atom. The largest absolute Gasteiger partial charge is 0.497 e. The zero-order valence-corrected chi connectivity index (χ0v) is 19.2. The fourth-order valence-corrected chi connectivity index (χ4v) is 6.26. The standard InChI is InChI=1S/C25H29N3O2S/c1-16(2)26-25(29)28-15-20-19-7-4-5-9-22(19)31-24(20)27-14-6-8-21(27)23(28)17-10-12-18(30-3)13-11-17/h6,8,10-14,16,23H,4-5,7,9,15H2,1-3H3,(H,26,29)/t23-/m1/s1. The highest BCUT2D eigenvalue weighted by atomic mass is 32.1. The van der Waals surface area contributed by atoms with Gasteiger partial charge in [-0.1, -0.05) is 12.1 Å². The number of hydrogen-bond acceptors (Lipinski definition) is 3. The highest BCUT2D eigenvalue weighted by Crippen LogP contribution is 2.44. The molecule has 0 saturated carbocycles. The van der Waals surface area contributed by atoms with Crippen LogP contribution in [0, 0.1) is 0 Å². The molecule has 2 aliphatic rings. The van der Waals surface area contributed by atoms with E-state index in [-0.39, 0.29) is 18.1 Å². The van der Waals surface area contributed by atoms with Gasteiger partial charge in [-0.25, -0.2) is 4.79 Å². The summed E-state index contributed by atoms with van der Waals surface area (Å²) in [4.78, 5) is 17.0. The predicted molar refractivity (Wildman–Crippen MR) is 124 cm³/mol. The van der Waals surface area contributed by atoms with Crippen LogP contribution in [-0.2, 0) is 19.4 Å². The van der Waals surface area contributed by atoms with E-state index in [0.29, 0.717) is 6.54 Å². The number of benzene rings is 1. The molecule has 1 aliphatic carbocycles. The molecule has 5 nitrogen and oxygen atoms in total. The Kier molecular flexibility index (Phi) is 5.26. The fraction of sp³-hybridized carbons (Fsp3) is 0.400. The van der Waals surface area contributed by atoms with E-state index < -0.39 is 0 Å². The lowest BCUT2D eigenvalue weighted by Gasteiger charge is -2.32. The van der Waals surface area contributed by atoms with Crippen molar-refractivity contribution < 1.29 is 9.53 Å². The third-order valence-electron chi connectivity index (χ3n) is 6.28. The zero-order chi connectivity index (χ0) is 21.5. The number of carbonyl (C=O) groups excluding carboxylic acids is 1. The minimum absolute atomic E-state index is 0.0211. The number of thiophene rings is 1. The maximum atomic E-state index is 13.5. The molecule has 1 N–H and O–H groups in total. The van der Waals surface area contributed by atoms with E-state index in [1.807, 2.05) is 42.2 Å². The second-order valence-electron chi connectivity index (χ2n) is 8.71. The lowest BCUT2D eigenvalue weighted by atomic mass is 9.95. The van der Waals surface area contributed by atoms with E-state index in [2.05, 4.69) is 40.3 Å². The molecule has 3 aromatic rings. The monoisotopic (exact) mass is 435 g/mol. The van der Waals surface area contributed by atoms with E-state index >= 15 is 0 Å². The second-order valence-corrected chi connectivity index (χ2v) is 9.79. The number of urea groups is 1. The van der Waals surface area contributed by atoms with Crippen LogP contribution in [0.5, 0.6) is 5.75 Å². The first-order valence-corrected chi connectivity index (χ1v) is 11.9. The number of rotatable bonds is 3. The van der Waals surface area contributed by atoms with Gasteiger partial charge in [0.05, 0.1) is 25.4 Å². The molecule has 0 fully saturated rings. The predicted octanol–water partition coefficient (Wildman–Crippen LogP) is 5.45. The minimum Gasteiger partial charge on any atom is -0.497 e. The van der Waals surface area contributed by atoms with Gasteiger partial charge in [0.25, 0.3) is 0 Å². The number of carbonyl (C=O) groups is 1. The number of amides is 2. The van der Waals surface area contributed by atoms with Gasteiger partial charge in [0, 0.05) is 22.7 Å². The first kappa shape index (κ1) is 20.2. The summed E-state index contributed by atoms with van der Waals surface area (Å²) >= 11 is 1.91. The van der Waals surface area contributed by atoms with Crippen molar-refractivity contribution in [1.82, 2.24) is 14.8 Å². The molecule has 0 unspecified atom stereocenters. The SMILES string of the molecule is COc1ccc([C@@H]2c3cccn3-c3sc4c(c3CN2C(=O)NC(C)C)CCCC4)cc1. The molecule has 0 spiro atoms. The van der Waals surface area contributed by atoms with Crippen LogP contribution in [-0.4, -0.2) is 28.6 Å². The zero-order valence-electron chi connectivity index (χ0n) is 18.4. The van der Waals surface area contributed by atoms with Crippen molar-refractivity contribution in [2.75, 3.05) is 7.11 Å². The molecule has 3 heterocycles. The van der Waals surface area contributed by atoms with E-state index in [4.69, 9.17) is 4.74 Å². The van der Waals surface area contributed by atoms with Crippen LogP contribution in [0.15, 0.2) is 42.6 Å². The van der Waals surface area contributed by atoms with Crippen molar-refractivity contribution in [2.45, 2.75) is 58.2 Å². The van der Waals surface area contributed by atoms with E-state index in [0.717, 1.165) is 29.8 Å². The van der Waals surface area contributed by atoms with Gasteiger partial charge in [0.1, 0.15) is 10.8 Å². The normalized spacial score (nSPS) is 17.5. The quantitative estimate of drug-likeness (QED) is 0.595. The van der Waals surface area contributed by atoms with Crippen molar-refractivity contribution in [3.8, 4) is 10.8 Å². The van der Waals surface area contributed by atoms with E-state index in [1.165, 1.54) is 33.8 Å². The highest BCUT2D eigenvalue weighted by molar-refractivity contribution is 7.15. The van der Waals surface area contributed by atoms with Crippen molar-refractivity contribution in [3.63, 3.8) is 0 Å². The molecule has 31 heavy (non-hydrogen) atoms. The molecule has 1 aromatic carbocycles. The molecule has 0 saturated heterocycles. The van der Waals surface area contributed by atoms with Gasteiger partial charge in [0.2, 0.25) is 0 Å². The topological polar surface area (TPSA) is 46.5 Å². The maximum Gasteiger partial charge on any atom is 0.318 e. The second kappa shape index (κ2) is 8.08. The number of hydrogen-bond donors (Lipinski definition) is 1. The van der Waals surface area contributed by atoms with Gasteiger partial charge in [-0.2, -0.15) is 0 Å². The van der Waals surface area contributed by atoms with Crippen LogP contribution in [0.25, 0.3) is 5.00 Å². The van der Waals surface area contributed by atoms with Crippen LogP contribution >= 0.6 is 11.3 Å². The highest BCUT2D eigenvalue weighted by Gasteiger charge is 2.36. The molecule has 0 bridgehead atoms. The Balaban J connectivity index is 1.68. The number of fused-ring (bicyclic) bond motifs is 5. The van der Waals surface area contributed by atoms with Crippen molar-refractivity contribution in [3.05, 3.63) is 69.9 Å². The summed E-state index contributed by atoms with van der Waals surface area (Å²) in [7, 11) is 1.68. The first-order valence-electron chi connectivity index (χ1n) is 11.1. The van der Waals surface area contributed by atoms with Crippen LogP contribution in [0.2, 0.25) is 0 Å². The molecule has 162 valence electrons. The van der Waals surface area contributed by atoms with Gasteiger partial charge in [-0.15, -0.1) is 11.3 Å². The molecular weight excluding hydrogens is 406 g/mol. The number of aryl methyl sites for hydroxylation is 1. The summed E-state index contributed by atoms with van der Waals surface area (Å²) in [6.45, 7) is 4.65. The molecule has 6 heteroatoms.